The van der Waals surface area contributed by atoms with E-state index in [2.05, 4.69) is 10.3 Å². The number of nitrogens with zero attached hydrogens (tertiary/aromatic N) is 3. The first-order valence-electron chi connectivity index (χ1n) is 8.02. The lowest BCUT2D eigenvalue weighted by molar-refractivity contribution is -0.384. The number of aromatic nitrogens is 2. The van der Waals surface area contributed by atoms with Gasteiger partial charge in [0.2, 0.25) is 5.91 Å². The summed E-state index contributed by atoms with van der Waals surface area (Å²) in [6.45, 7) is 1.70. The van der Waals surface area contributed by atoms with Gasteiger partial charge in [0.25, 0.3) is 5.69 Å². The summed E-state index contributed by atoms with van der Waals surface area (Å²) in [5.74, 6) is 5.57. The van der Waals surface area contributed by atoms with Crippen molar-refractivity contribution in [3.05, 3.63) is 70.4 Å². The summed E-state index contributed by atoms with van der Waals surface area (Å²) in [5.41, 5.74) is 2.31. The van der Waals surface area contributed by atoms with E-state index in [0.717, 1.165) is 17.3 Å². The third-order valence-electron chi connectivity index (χ3n) is 3.81. The number of rotatable bonds is 6. The highest BCUT2D eigenvalue weighted by Crippen LogP contribution is 2.28. The second-order valence-electron chi connectivity index (χ2n) is 5.75. The van der Waals surface area contributed by atoms with Crippen molar-refractivity contribution >= 4 is 29.0 Å². The largest absolute Gasteiger partial charge is 0.337 e. The van der Waals surface area contributed by atoms with Crippen LogP contribution in [0, 0.1) is 17.0 Å². The Morgan fingerprint density at radius 1 is 1.26 bits per heavy atom. The van der Waals surface area contributed by atoms with Gasteiger partial charge in [0.15, 0.2) is 5.16 Å². The van der Waals surface area contributed by atoms with Crippen LogP contribution in [0.2, 0.25) is 0 Å². The number of nitrogen functional groups attached to an aromatic ring is 1. The van der Waals surface area contributed by atoms with Crippen molar-refractivity contribution in [3.8, 4) is 11.3 Å². The SMILES string of the molecule is Cc1cccc([N+](=O)[O-])c1NC(=O)CSc1nc(-c2ccccc2)cn1N. The number of benzene rings is 2. The van der Waals surface area contributed by atoms with Gasteiger partial charge in [-0.05, 0) is 12.5 Å². The van der Waals surface area contributed by atoms with Crippen LogP contribution in [0.4, 0.5) is 11.4 Å². The highest BCUT2D eigenvalue weighted by molar-refractivity contribution is 7.99. The summed E-state index contributed by atoms with van der Waals surface area (Å²) < 4.78 is 1.36. The zero-order chi connectivity index (χ0) is 19.4. The third kappa shape index (κ3) is 4.26. The molecule has 27 heavy (non-hydrogen) atoms. The number of imidazole rings is 1. The molecule has 2 aromatic carbocycles. The molecule has 9 heteroatoms. The lowest BCUT2D eigenvalue weighted by Crippen LogP contribution is -2.17. The normalized spacial score (nSPS) is 10.6. The number of para-hydroxylation sites is 1. The minimum atomic E-state index is -0.519. The van der Waals surface area contributed by atoms with Gasteiger partial charge in [-0.15, -0.1) is 0 Å². The molecule has 3 aromatic rings. The fourth-order valence-electron chi connectivity index (χ4n) is 2.50. The second-order valence-corrected chi connectivity index (χ2v) is 6.69. The summed E-state index contributed by atoms with van der Waals surface area (Å²) in [4.78, 5) is 27.3. The van der Waals surface area contributed by atoms with Crippen LogP contribution >= 0.6 is 11.8 Å². The van der Waals surface area contributed by atoms with Gasteiger partial charge in [-0.2, -0.15) is 0 Å². The van der Waals surface area contributed by atoms with Crippen LogP contribution in [0.25, 0.3) is 11.3 Å². The number of carbonyl (C=O) groups excluding carboxylic acids is 1. The van der Waals surface area contributed by atoms with Crippen LogP contribution in [0.3, 0.4) is 0 Å². The monoisotopic (exact) mass is 383 g/mol. The van der Waals surface area contributed by atoms with Gasteiger partial charge < -0.3 is 11.2 Å². The molecule has 0 aliphatic rings. The van der Waals surface area contributed by atoms with Crippen LogP contribution in [0.15, 0.2) is 59.9 Å². The van der Waals surface area contributed by atoms with Gasteiger partial charge in [-0.25, -0.2) is 9.66 Å². The summed E-state index contributed by atoms with van der Waals surface area (Å²) in [7, 11) is 0. The molecule has 3 N–H and O–H groups in total. The smallest absolute Gasteiger partial charge is 0.293 e. The van der Waals surface area contributed by atoms with Gasteiger partial charge in [0.1, 0.15) is 5.69 Å². The van der Waals surface area contributed by atoms with Crippen molar-refractivity contribution in [1.29, 1.82) is 0 Å². The molecule has 1 aromatic heterocycles. The molecule has 1 amide bonds. The molecule has 1 heterocycles. The number of nitrogens with two attached hydrogens (primary N) is 1. The molecule has 0 aliphatic carbocycles. The maximum atomic E-state index is 12.3. The molecule has 8 nitrogen and oxygen atoms in total. The Hall–Kier alpha value is -3.33. The van der Waals surface area contributed by atoms with E-state index in [4.69, 9.17) is 5.84 Å². The van der Waals surface area contributed by atoms with E-state index >= 15 is 0 Å². The number of hydrogen-bond donors (Lipinski definition) is 2. The molecule has 0 spiro atoms. The lowest BCUT2D eigenvalue weighted by Gasteiger charge is -2.08. The number of nitro benzene ring substituents is 1. The Labute approximate surface area is 159 Å². The molecular weight excluding hydrogens is 366 g/mol. The van der Waals surface area contributed by atoms with Gasteiger partial charge in [-0.1, -0.05) is 54.2 Å². The van der Waals surface area contributed by atoms with E-state index in [-0.39, 0.29) is 23.0 Å². The predicted molar refractivity (Wildman–Crippen MR) is 105 cm³/mol. The molecule has 0 saturated heterocycles. The molecular formula is C18H17N5O3S. The number of anilines is 1. The Morgan fingerprint density at radius 3 is 2.70 bits per heavy atom. The minimum Gasteiger partial charge on any atom is -0.337 e. The standard InChI is InChI=1S/C18H17N5O3S/c1-12-6-5-9-15(23(25)26)17(12)21-16(24)11-27-18-20-14(10-22(18)19)13-7-3-2-4-8-13/h2-10H,11,19H2,1H3,(H,21,24). The van der Waals surface area contributed by atoms with Crippen molar-refractivity contribution in [3.63, 3.8) is 0 Å². The molecule has 3 rings (SSSR count). The number of hydrogen-bond acceptors (Lipinski definition) is 6. The van der Waals surface area contributed by atoms with Gasteiger partial charge in [0, 0.05) is 11.6 Å². The quantitative estimate of drug-likeness (QED) is 0.292. The Balaban J connectivity index is 1.69. The van der Waals surface area contributed by atoms with Crippen molar-refractivity contribution in [2.75, 3.05) is 16.9 Å². The zero-order valence-electron chi connectivity index (χ0n) is 14.5. The maximum Gasteiger partial charge on any atom is 0.293 e. The topological polar surface area (TPSA) is 116 Å². The zero-order valence-corrected chi connectivity index (χ0v) is 15.3. The fourth-order valence-corrected chi connectivity index (χ4v) is 3.20. The highest BCUT2D eigenvalue weighted by atomic mass is 32.2. The highest BCUT2D eigenvalue weighted by Gasteiger charge is 2.18. The van der Waals surface area contributed by atoms with Gasteiger partial charge in [0.05, 0.1) is 22.6 Å². The molecule has 0 unspecified atom stereocenters. The fraction of sp³-hybridized carbons (Fsp3) is 0.111. The number of carbonyl (C=O) groups is 1. The minimum absolute atomic E-state index is 0.0218. The lowest BCUT2D eigenvalue weighted by atomic mass is 10.1. The van der Waals surface area contributed by atoms with Gasteiger partial charge >= 0.3 is 0 Å². The average molecular weight is 383 g/mol. The Kier molecular flexibility index (Phi) is 5.41. The number of amides is 1. The van der Waals surface area contributed by atoms with E-state index in [9.17, 15) is 14.9 Å². The van der Waals surface area contributed by atoms with Crippen LogP contribution in [-0.4, -0.2) is 26.2 Å². The molecule has 0 atom stereocenters. The average Bonchev–Trinajstić information content (AvgIpc) is 3.03. The van der Waals surface area contributed by atoms with Crippen LogP contribution in [0.5, 0.6) is 0 Å². The van der Waals surface area contributed by atoms with Crippen LogP contribution in [-0.2, 0) is 4.79 Å². The number of nitrogens with one attached hydrogen (secondary N) is 1. The maximum absolute atomic E-state index is 12.3. The molecule has 138 valence electrons. The summed E-state index contributed by atoms with van der Waals surface area (Å²) in [6.07, 6.45) is 1.68. The number of thioether (sulfide) groups is 1. The summed E-state index contributed by atoms with van der Waals surface area (Å²) in [6, 6.07) is 14.2. The molecule has 0 aliphatic heterocycles. The van der Waals surface area contributed by atoms with E-state index in [1.54, 1.807) is 25.3 Å². The Bertz CT molecular complexity index is 988. The van der Waals surface area contributed by atoms with Gasteiger partial charge in [-0.3, -0.25) is 14.9 Å². The van der Waals surface area contributed by atoms with E-state index in [1.165, 1.54) is 10.7 Å². The summed E-state index contributed by atoms with van der Waals surface area (Å²) in [5, 5.41) is 14.2. The summed E-state index contributed by atoms with van der Waals surface area (Å²) >= 11 is 1.15. The van der Waals surface area contributed by atoms with Crippen LogP contribution < -0.4 is 11.2 Å². The van der Waals surface area contributed by atoms with E-state index in [1.807, 2.05) is 30.3 Å². The van der Waals surface area contributed by atoms with E-state index < -0.39 is 4.92 Å². The first kappa shape index (κ1) is 18.5. The van der Waals surface area contributed by atoms with Crippen molar-refractivity contribution in [2.24, 2.45) is 0 Å². The van der Waals surface area contributed by atoms with Crippen molar-refractivity contribution in [1.82, 2.24) is 9.66 Å². The van der Waals surface area contributed by atoms with Crippen molar-refractivity contribution < 1.29 is 9.72 Å². The number of nitro groups is 1. The molecule has 0 saturated carbocycles. The number of aryl methyl sites for hydroxylation is 1. The molecule has 0 bridgehead atoms. The van der Waals surface area contributed by atoms with Crippen LogP contribution in [0.1, 0.15) is 5.56 Å². The molecule has 0 fully saturated rings. The molecule has 0 radical (unpaired) electrons. The van der Waals surface area contributed by atoms with Crippen molar-refractivity contribution in [2.45, 2.75) is 12.1 Å². The first-order chi connectivity index (χ1) is 13.0. The van der Waals surface area contributed by atoms with E-state index in [0.29, 0.717) is 16.4 Å². The third-order valence-corrected chi connectivity index (χ3v) is 4.78. The first-order valence-corrected chi connectivity index (χ1v) is 9.01. The predicted octanol–water partition coefficient (Wildman–Crippen LogP) is 3.21. The Morgan fingerprint density at radius 2 is 2.00 bits per heavy atom. The second kappa shape index (κ2) is 7.92.